The summed E-state index contributed by atoms with van der Waals surface area (Å²) in [6, 6.07) is 19.7. The van der Waals surface area contributed by atoms with E-state index in [4.69, 9.17) is 15.5 Å². The lowest BCUT2D eigenvalue weighted by Crippen LogP contribution is -2.33. The fraction of sp³-hybridized carbons (Fsp3) is 0.296. The molecule has 2 aromatic carbocycles. The molecule has 0 radical (unpaired) electrons. The van der Waals surface area contributed by atoms with Gasteiger partial charge in [-0.05, 0) is 30.0 Å². The van der Waals surface area contributed by atoms with Gasteiger partial charge in [0.2, 0.25) is 5.91 Å². The van der Waals surface area contributed by atoms with E-state index >= 15 is 0 Å². The Kier molecular flexibility index (Phi) is 6.77. The van der Waals surface area contributed by atoms with Crippen LogP contribution < -0.4 is 11.1 Å². The van der Waals surface area contributed by atoms with Crippen LogP contribution in [0.5, 0.6) is 0 Å². The first kappa shape index (κ1) is 23.8. The molecule has 35 heavy (non-hydrogen) atoms. The third-order valence-corrected chi connectivity index (χ3v) is 8.44. The van der Waals surface area contributed by atoms with E-state index in [1.807, 2.05) is 60.7 Å². The first-order valence-electron chi connectivity index (χ1n) is 11.7. The molecule has 0 bridgehead atoms. The predicted octanol–water partition coefficient (Wildman–Crippen LogP) is 5.51. The molecule has 4 aromatic rings. The monoisotopic (exact) mass is 504 g/mol. The molecule has 0 unspecified atom stereocenters. The summed E-state index contributed by atoms with van der Waals surface area (Å²) in [6.07, 6.45) is 1.74. The van der Waals surface area contributed by atoms with Crippen LogP contribution in [0.2, 0.25) is 0 Å². The molecule has 1 atom stereocenters. The summed E-state index contributed by atoms with van der Waals surface area (Å²) >= 11 is 2.91. The van der Waals surface area contributed by atoms with Crippen LogP contribution in [0.4, 0.5) is 5.82 Å². The number of ether oxygens (including phenoxy) is 1. The molecule has 3 heterocycles. The second kappa shape index (κ2) is 9.97. The summed E-state index contributed by atoms with van der Waals surface area (Å²) in [5.74, 6) is 0.582. The molecule has 5 rings (SSSR count). The number of carbonyl (C=O) groups excluding carboxylic acids is 1. The van der Waals surface area contributed by atoms with Crippen molar-refractivity contribution in [1.29, 1.82) is 0 Å². The zero-order valence-corrected chi connectivity index (χ0v) is 21.4. The number of thiophene rings is 1. The van der Waals surface area contributed by atoms with E-state index < -0.39 is 0 Å². The number of aromatic nitrogens is 2. The number of nitrogens with zero attached hydrogens (tertiary/aromatic N) is 2. The molecule has 3 N–H and O–H groups in total. The van der Waals surface area contributed by atoms with Crippen LogP contribution in [-0.4, -0.2) is 27.2 Å². The van der Waals surface area contributed by atoms with Crippen molar-refractivity contribution in [2.45, 2.75) is 50.1 Å². The third kappa shape index (κ3) is 5.05. The number of benzene rings is 2. The van der Waals surface area contributed by atoms with Gasteiger partial charge in [0.05, 0.1) is 29.4 Å². The molecule has 6 nitrogen and oxygen atoms in total. The lowest BCUT2D eigenvalue weighted by Gasteiger charge is -2.33. The van der Waals surface area contributed by atoms with Gasteiger partial charge in [-0.15, -0.1) is 11.3 Å². The van der Waals surface area contributed by atoms with Gasteiger partial charge in [0.25, 0.3) is 0 Å². The molecule has 1 amide bonds. The average molecular weight is 505 g/mol. The minimum atomic E-state index is -0.226. The van der Waals surface area contributed by atoms with E-state index in [2.05, 4.69) is 24.1 Å². The van der Waals surface area contributed by atoms with Gasteiger partial charge in [-0.2, -0.15) is 0 Å². The molecule has 0 spiro atoms. The first-order valence-corrected chi connectivity index (χ1v) is 13.5. The second-order valence-corrected chi connectivity index (χ2v) is 11.0. The standard InChI is InChI=1S/C27H28N4O2S2/c1-3-27(2)14-19-20(15-33-27)35-25-22(19)24(28)30-26(31-25)34-16-21(32)29-23(17-10-6-4-7-11-17)18-12-8-5-9-13-18/h4-13,23H,3,14-16H2,1-2H3,(H,29,32)(H2,28,30,31)/t27-/m0/s1. The van der Waals surface area contributed by atoms with Crippen LogP contribution >= 0.6 is 23.1 Å². The second-order valence-electron chi connectivity index (χ2n) is 8.95. The van der Waals surface area contributed by atoms with Gasteiger partial charge in [0.1, 0.15) is 10.6 Å². The molecule has 0 fully saturated rings. The molecular weight excluding hydrogens is 476 g/mol. The topological polar surface area (TPSA) is 90.1 Å². The van der Waals surface area contributed by atoms with E-state index in [1.54, 1.807) is 11.3 Å². The van der Waals surface area contributed by atoms with Crippen molar-refractivity contribution >= 4 is 45.0 Å². The van der Waals surface area contributed by atoms with E-state index in [9.17, 15) is 4.79 Å². The predicted molar refractivity (Wildman–Crippen MR) is 143 cm³/mol. The van der Waals surface area contributed by atoms with Crippen molar-refractivity contribution in [1.82, 2.24) is 15.3 Å². The zero-order chi connectivity index (χ0) is 24.4. The van der Waals surface area contributed by atoms with Gasteiger partial charge in [-0.3, -0.25) is 4.79 Å². The molecular formula is C27H28N4O2S2. The number of hydrogen-bond donors (Lipinski definition) is 2. The van der Waals surface area contributed by atoms with Crippen molar-refractivity contribution < 1.29 is 9.53 Å². The third-order valence-electron chi connectivity index (χ3n) is 6.50. The Labute approximate surface area is 213 Å². The maximum atomic E-state index is 13.0. The van der Waals surface area contributed by atoms with Gasteiger partial charge in [0, 0.05) is 11.3 Å². The van der Waals surface area contributed by atoms with Gasteiger partial charge in [-0.25, -0.2) is 9.97 Å². The minimum absolute atomic E-state index is 0.0902. The highest BCUT2D eigenvalue weighted by atomic mass is 32.2. The van der Waals surface area contributed by atoms with Crippen LogP contribution in [0.3, 0.4) is 0 Å². The Morgan fingerprint density at radius 1 is 1.14 bits per heavy atom. The maximum absolute atomic E-state index is 13.0. The maximum Gasteiger partial charge on any atom is 0.231 e. The number of fused-ring (bicyclic) bond motifs is 3. The SMILES string of the molecule is CC[C@@]1(C)Cc2c(sc3nc(SCC(=O)NC(c4ccccc4)c4ccccc4)nc(N)c23)CO1. The number of anilines is 1. The molecule has 1 aliphatic heterocycles. The molecule has 0 aliphatic carbocycles. The fourth-order valence-electron chi connectivity index (χ4n) is 4.35. The van der Waals surface area contributed by atoms with Crippen LogP contribution in [0.1, 0.15) is 47.9 Å². The smallest absolute Gasteiger partial charge is 0.231 e. The number of nitrogens with one attached hydrogen (secondary N) is 1. The van der Waals surface area contributed by atoms with Gasteiger partial charge in [-0.1, -0.05) is 79.3 Å². The van der Waals surface area contributed by atoms with E-state index in [0.717, 1.165) is 34.2 Å². The molecule has 2 aromatic heterocycles. The quantitative estimate of drug-likeness (QED) is 0.255. The average Bonchev–Trinajstić information content (AvgIpc) is 3.25. The summed E-state index contributed by atoms with van der Waals surface area (Å²) in [7, 11) is 0. The van der Waals surface area contributed by atoms with Crippen LogP contribution in [0.15, 0.2) is 65.8 Å². The Morgan fingerprint density at radius 2 is 1.80 bits per heavy atom. The highest BCUT2D eigenvalue weighted by molar-refractivity contribution is 7.99. The number of amides is 1. The Balaban J connectivity index is 1.32. The summed E-state index contributed by atoms with van der Waals surface area (Å²) in [5.41, 5.74) is 9.48. The molecule has 0 saturated carbocycles. The number of nitrogens with two attached hydrogens (primary N) is 1. The fourth-order valence-corrected chi connectivity index (χ4v) is 6.18. The highest BCUT2D eigenvalue weighted by Crippen LogP contribution is 2.41. The summed E-state index contributed by atoms with van der Waals surface area (Å²) in [4.78, 5) is 24.3. The zero-order valence-electron chi connectivity index (χ0n) is 19.8. The first-order chi connectivity index (χ1) is 17.0. The van der Waals surface area contributed by atoms with Crippen molar-refractivity contribution in [3.05, 3.63) is 82.2 Å². The molecule has 1 aliphatic rings. The summed E-state index contributed by atoms with van der Waals surface area (Å²) < 4.78 is 6.09. The Hall–Kier alpha value is -2.94. The van der Waals surface area contributed by atoms with Crippen LogP contribution in [-0.2, 0) is 22.6 Å². The van der Waals surface area contributed by atoms with Gasteiger partial charge < -0.3 is 15.8 Å². The van der Waals surface area contributed by atoms with Crippen molar-refractivity contribution in [3.8, 4) is 0 Å². The number of carbonyl (C=O) groups is 1. The number of nitrogen functional groups attached to an aromatic ring is 1. The number of hydrogen-bond acceptors (Lipinski definition) is 7. The number of rotatable bonds is 7. The van der Waals surface area contributed by atoms with Gasteiger partial charge >= 0.3 is 0 Å². The van der Waals surface area contributed by atoms with E-state index in [0.29, 0.717) is 17.6 Å². The lowest BCUT2D eigenvalue weighted by atomic mass is 9.90. The Morgan fingerprint density at radius 3 is 2.43 bits per heavy atom. The normalized spacial score (nSPS) is 17.5. The van der Waals surface area contributed by atoms with Crippen LogP contribution in [0, 0.1) is 0 Å². The molecule has 8 heteroatoms. The van der Waals surface area contributed by atoms with Crippen LogP contribution in [0.25, 0.3) is 10.2 Å². The minimum Gasteiger partial charge on any atom is -0.383 e. The largest absolute Gasteiger partial charge is 0.383 e. The lowest BCUT2D eigenvalue weighted by molar-refractivity contribution is -0.119. The van der Waals surface area contributed by atoms with E-state index in [-0.39, 0.29) is 23.3 Å². The molecule has 180 valence electrons. The van der Waals surface area contributed by atoms with Crippen molar-refractivity contribution in [2.75, 3.05) is 11.5 Å². The Bertz CT molecular complexity index is 1300. The molecule has 0 saturated heterocycles. The summed E-state index contributed by atoms with van der Waals surface area (Å²) in [5, 5.41) is 4.62. The highest BCUT2D eigenvalue weighted by Gasteiger charge is 2.33. The number of thioether (sulfide) groups is 1. The van der Waals surface area contributed by atoms with Crippen molar-refractivity contribution in [2.24, 2.45) is 0 Å². The van der Waals surface area contributed by atoms with Gasteiger partial charge in [0.15, 0.2) is 5.16 Å². The summed E-state index contributed by atoms with van der Waals surface area (Å²) in [6.45, 7) is 4.85. The van der Waals surface area contributed by atoms with Crippen molar-refractivity contribution in [3.63, 3.8) is 0 Å². The van der Waals surface area contributed by atoms with E-state index in [1.165, 1.54) is 22.2 Å².